The van der Waals surface area contributed by atoms with Crippen LogP contribution in [0.2, 0.25) is 0 Å². The van der Waals surface area contributed by atoms with Crippen molar-refractivity contribution in [1.82, 2.24) is 5.32 Å². The van der Waals surface area contributed by atoms with Crippen LogP contribution >= 0.6 is 7.26 Å². The van der Waals surface area contributed by atoms with Crippen LogP contribution in [0.1, 0.15) is 54.4 Å². The molecule has 4 aromatic rings. The van der Waals surface area contributed by atoms with Gasteiger partial charge in [0.05, 0.1) is 0 Å². The normalized spacial score (nSPS) is 17.4. The summed E-state index contributed by atoms with van der Waals surface area (Å²) in [6.07, 6.45) is 7.13. The minimum atomic E-state index is -2.30. The van der Waals surface area contributed by atoms with Crippen LogP contribution in [0.15, 0.2) is 115 Å². The molecule has 0 aromatic heterocycles. The van der Waals surface area contributed by atoms with Gasteiger partial charge in [0, 0.05) is 6.42 Å². The Kier molecular flexibility index (Phi) is 9.68. The number of nitrogens with one attached hydrogen (secondary N) is 1. The van der Waals surface area contributed by atoms with Crippen molar-refractivity contribution in [2.24, 2.45) is 0 Å². The summed E-state index contributed by atoms with van der Waals surface area (Å²) < 4.78 is 0. The molecule has 4 aromatic carbocycles. The molecule has 5 rings (SSSR count). The van der Waals surface area contributed by atoms with Crippen LogP contribution in [-0.2, 0) is 6.42 Å². The maximum absolute atomic E-state index is 13.1. The Bertz CT molecular complexity index is 1360. The standard InChI is InChI=1S/C37H40NO2P/c39-36(32-24-22-31(23-25-32)30-37(40)26-13-2-1-3-14-27-37)38-28-15-29-41(33-16-7-4-8-17-33,34-18-9-5-10-19-34)35-20-11-6-12-21-35/h4-12,16-25,40-41H,1-3,13,15,26,28-30H2,(H,38,39). The molecule has 4 heteroatoms. The second-order valence-corrected chi connectivity index (χ2v) is 15.2. The fourth-order valence-corrected chi connectivity index (χ4v) is 11.0. The van der Waals surface area contributed by atoms with Gasteiger partial charge in [-0.1, -0.05) is 6.42 Å². The Morgan fingerprint density at radius 3 is 1.88 bits per heavy atom. The molecule has 0 heterocycles. The number of carbonyl (C=O) groups is 1. The zero-order valence-electron chi connectivity index (χ0n) is 23.7. The van der Waals surface area contributed by atoms with Crippen molar-refractivity contribution >= 4 is 29.1 Å². The van der Waals surface area contributed by atoms with Crippen LogP contribution in [0.4, 0.5) is 0 Å². The van der Waals surface area contributed by atoms with E-state index in [1.54, 1.807) is 0 Å². The number of hydrogen-bond donors (Lipinski definition) is 2. The van der Waals surface area contributed by atoms with Gasteiger partial charge in [0.1, 0.15) is 0 Å². The molecule has 2 N–H and O–H groups in total. The van der Waals surface area contributed by atoms with Crippen molar-refractivity contribution in [3.8, 4) is 11.8 Å². The van der Waals surface area contributed by atoms with E-state index in [1.165, 1.54) is 15.9 Å². The van der Waals surface area contributed by atoms with E-state index in [2.05, 4.69) is 108 Å². The zero-order chi connectivity index (χ0) is 28.4. The van der Waals surface area contributed by atoms with Gasteiger partial charge in [-0.15, -0.1) is 5.92 Å². The second-order valence-electron chi connectivity index (χ2n) is 11.1. The van der Waals surface area contributed by atoms with Crippen molar-refractivity contribution in [3.05, 3.63) is 126 Å². The van der Waals surface area contributed by atoms with E-state index in [4.69, 9.17) is 0 Å². The maximum atomic E-state index is 13.1. The first-order valence-corrected chi connectivity index (χ1v) is 17.1. The fourth-order valence-electron chi connectivity index (χ4n) is 6.10. The molecule has 1 aliphatic rings. The van der Waals surface area contributed by atoms with E-state index in [9.17, 15) is 9.90 Å². The third kappa shape index (κ3) is 7.15. The van der Waals surface area contributed by atoms with Crippen molar-refractivity contribution in [2.75, 3.05) is 12.7 Å². The summed E-state index contributed by atoms with van der Waals surface area (Å²) in [6.45, 7) is 0.608. The van der Waals surface area contributed by atoms with Crippen LogP contribution in [0.3, 0.4) is 0 Å². The summed E-state index contributed by atoms with van der Waals surface area (Å²) in [4.78, 5) is 13.1. The molecule has 210 valence electrons. The SMILES string of the molecule is O=C(NCCC[PH](c1ccccc1)(c1ccccc1)c1ccccc1)c1ccc(CC2(O)C#CCCCCC2)cc1. The van der Waals surface area contributed by atoms with Crippen LogP contribution < -0.4 is 21.2 Å². The quantitative estimate of drug-likeness (QED) is 0.147. The topological polar surface area (TPSA) is 49.3 Å². The Balaban J connectivity index is 1.27. The average Bonchev–Trinajstić information content (AvgIpc) is 3.01. The monoisotopic (exact) mass is 561 g/mol. The van der Waals surface area contributed by atoms with Gasteiger partial charge in [0.15, 0.2) is 0 Å². The molecule has 0 saturated heterocycles. The first-order chi connectivity index (χ1) is 20.1. The second kappa shape index (κ2) is 13.8. The predicted molar refractivity (Wildman–Crippen MR) is 174 cm³/mol. The number of hydrogen-bond acceptors (Lipinski definition) is 2. The molecule has 1 unspecified atom stereocenters. The van der Waals surface area contributed by atoms with Crippen molar-refractivity contribution in [1.29, 1.82) is 0 Å². The van der Waals surface area contributed by atoms with E-state index in [-0.39, 0.29) is 5.91 Å². The summed E-state index contributed by atoms with van der Waals surface area (Å²) in [7, 11) is -2.30. The summed E-state index contributed by atoms with van der Waals surface area (Å²) in [5.74, 6) is 6.17. The van der Waals surface area contributed by atoms with Crippen molar-refractivity contribution in [3.63, 3.8) is 0 Å². The summed E-state index contributed by atoms with van der Waals surface area (Å²) in [5.41, 5.74) is 0.669. The molecular weight excluding hydrogens is 521 g/mol. The van der Waals surface area contributed by atoms with Crippen molar-refractivity contribution < 1.29 is 9.90 Å². The summed E-state index contributed by atoms with van der Waals surface area (Å²) >= 11 is 0. The molecule has 0 bridgehead atoms. The number of amides is 1. The van der Waals surface area contributed by atoms with E-state index in [1.807, 2.05) is 24.3 Å². The molecule has 1 amide bonds. The Labute approximate surface area is 245 Å². The Hall–Kier alpha value is -3.70. The summed E-state index contributed by atoms with van der Waals surface area (Å²) in [6, 6.07) is 40.3. The molecule has 1 atom stereocenters. The third-order valence-corrected chi connectivity index (χ3v) is 13.3. The number of aliphatic hydroxyl groups is 1. The minimum absolute atomic E-state index is 0.0626. The zero-order valence-corrected chi connectivity index (χ0v) is 24.7. The number of carbonyl (C=O) groups excluding carboxylic acids is 1. The third-order valence-electron chi connectivity index (χ3n) is 8.24. The van der Waals surface area contributed by atoms with Gasteiger partial charge in [-0.2, -0.15) is 0 Å². The van der Waals surface area contributed by atoms with Gasteiger partial charge in [-0.3, -0.25) is 0 Å². The van der Waals surface area contributed by atoms with Crippen LogP contribution in [-0.4, -0.2) is 29.3 Å². The van der Waals surface area contributed by atoms with Gasteiger partial charge < -0.3 is 0 Å². The molecule has 1 aliphatic carbocycles. The molecule has 0 radical (unpaired) electrons. The van der Waals surface area contributed by atoms with Gasteiger partial charge in [0.2, 0.25) is 0 Å². The van der Waals surface area contributed by atoms with E-state index in [0.29, 0.717) is 24.9 Å². The predicted octanol–water partition coefficient (Wildman–Crippen LogP) is 5.77. The van der Waals surface area contributed by atoms with Crippen LogP contribution in [0, 0.1) is 11.8 Å². The van der Waals surface area contributed by atoms with E-state index in [0.717, 1.165) is 43.8 Å². The molecule has 0 fully saturated rings. The van der Waals surface area contributed by atoms with Crippen molar-refractivity contribution in [2.45, 2.75) is 50.5 Å². The molecular formula is C37H40NO2P. The van der Waals surface area contributed by atoms with Gasteiger partial charge >= 0.3 is 214 Å². The van der Waals surface area contributed by atoms with E-state index >= 15 is 0 Å². The van der Waals surface area contributed by atoms with Gasteiger partial charge in [-0.05, 0) is 12.8 Å². The Morgan fingerprint density at radius 2 is 1.32 bits per heavy atom. The molecule has 0 saturated carbocycles. The average molecular weight is 562 g/mol. The number of rotatable bonds is 10. The first-order valence-electron chi connectivity index (χ1n) is 14.9. The van der Waals surface area contributed by atoms with Gasteiger partial charge in [-0.25, -0.2) is 0 Å². The van der Waals surface area contributed by atoms with E-state index < -0.39 is 12.9 Å². The van der Waals surface area contributed by atoms with Crippen LogP contribution in [0.5, 0.6) is 0 Å². The number of benzene rings is 4. The van der Waals surface area contributed by atoms with Gasteiger partial charge in [0.25, 0.3) is 0 Å². The fraction of sp³-hybridized carbons (Fsp3) is 0.270. The summed E-state index contributed by atoms with van der Waals surface area (Å²) in [5, 5.41) is 18.3. The Morgan fingerprint density at radius 1 is 0.756 bits per heavy atom. The first kappa shape index (κ1) is 28.8. The molecule has 0 aliphatic heterocycles. The molecule has 3 nitrogen and oxygen atoms in total. The molecule has 41 heavy (non-hydrogen) atoms. The van der Waals surface area contributed by atoms with Crippen LogP contribution in [0.25, 0.3) is 0 Å². The molecule has 0 spiro atoms.